The Balaban J connectivity index is 1.46. The van der Waals surface area contributed by atoms with Crippen molar-refractivity contribution in [2.45, 2.75) is 17.3 Å². The number of ether oxygens (including phenoxy) is 1. The fraction of sp³-hybridized carbons (Fsp3) is 0.120. The lowest BCUT2D eigenvalue weighted by Crippen LogP contribution is -2.04. The van der Waals surface area contributed by atoms with Crippen molar-refractivity contribution in [3.05, 3.63) is 101 Å². The van der Waals surface area contributed by atoms with Crippen LogP contribution < -0.4 is 4.74 Å². The molecule has 0 N–H and O–H groups in total. The average Bonchev–Trinajstić information content (AvgIpc) is 3.51. The van der Waals surface area contributed by atoms with Crippen molar-refractivity contribution >= 4 is 23.4 Å². The van der Waals surface area contributed by atoms with Crippen molar-refractivity contribution in [1.29, 1.82) is 0 Å². The van der Waals surface area contributed by atoms with E-state index in [1.165, 1.54) is 5.56 Å². The maximum Gasteiger partial charge on any atom is 0.209 e. The van der Waals surface area contributed by atoms with E-state index in [0.29, 0.717) is 17.4 Å². The lowest BCUT2D eigenvalue weighted by Gasteiger charge is -2.10. The molecule has 3 aromatic carbocycles. The molecule has 5 aromatic rings. The van der Waals surface area contributed by atoms with Gasteiger partial charge < -0.3 is 4.74 Å². The third kappa shape index (κ3) is 4.83. The van der Waals surface area contributed by atoms with Gasteiger partial charge in [0.1, 0.15) is 10.8 Å². The molecule has 34 heavy (non-hydrogen) atoms. The smallest absolute Gasteiger partial charge is 0.209 e. The number of methoxy groups -OCH3 is 1. The predicted octanol–water partition coefficient (Wildman–Crippen LogP) is 5.53. The summed E-state index contributed by atoms with van der Waals surface area (Å²) in [7, 11) is 1.65. The highest BCUT2D eigenvalue weighted by Crippen LogP contribution is 2.35. The highest BCUT2D eigenvalue weighted by Gasteiger charge is 2.20. The number of hydrogen-bond acceptors (Lipinski definition) is 6. The second kappa shape index (κ2) is 10.1. The summed E-state index contributed by atoms with van der Waals surface area (Å²) in [6.45, 7) is 0.502. The van der Waals surface area contributed by atoms with E-state index in [-0.39, 0.29) is 0 Å². The molecule has 0 saturated carbocycles. The molecule has 0 aliphatic rings. The molecule has 2 heterocycles. The van der Waals surface area contributed by atoms with Gasteiger partial charge in [0.15, 0.2) is 0 Å². The summed E-state index contributed by atoms with van der Waals surface area (Å²) in [5.41, 5.74) is 3.87. The number of rotatable bonds is 8. The third-order valence-electron chi connectivity index (χ3n) is 5.20. The summed E-state index contributed by atoms with van der Waals surface area (Å²) in [5.74, 6) is 2.09. The Morgan fingerprint density at radius 2 is 1.68 bits per heavy atom. The molecule has 0 bridgehead atoms. The van der Waals surface area contributed by atoms with Crippen molar-refractivity contribution in [3.63, 3.8) is 0 Å². The SMILES string of the molecule is COc1ccc(Cn2nnc(-c3cnn(-c4ccccc4Cl)c3SCc3ccccc3)n2)cc1. The van der Waals surface area contributed by atoms with Crippen LogP contribution in [0.5, 0.6) is 5.75 Å². The molecule has 0 radical (unpaired) electrons. The van der Waals surface area contributed by atoms with E-state index in [9.17, 15) is 0 Å². The van der Waals surface area contributed by atoms with Gasteiger partial charge in [0.25, 0.3) is 0 Å². The number of para-hydroxylation sites is 1. The standard InChI is InChI=1S/C25H21ClN6OS/c1-33-20-13-11-18(12-14-20)16-31-29-24(28-30-31)21-15-27-32(23-10-6-5-9-22(23)26)25(21)34-17-19-7-3-2-4-8-19/h2-15H,16-17H2,1H3. The first-order chi connectivity index (χ1) is 16.7. The topological polar surface area (TPSA) is 70.7 Å². The minimum Gasteiger partial charge on any atom is -0.497 e. The lowest BCUT2D eigenvalue weighted by atomic mass is 10.2. The van der Waals surface area contributed by atoms with Crippen LogP contribution >= 0.6 is 23.4 Å². The summed E-state index contributed by atoms with van der Waals surface area (Å²) >= 11 is 8.15. The molecule has 0 atom stereocenters. The van der Waals surface area contributed by atoms with Gasteiger partial charge in [-0.05, 0) is 40.6 Å². The van der Waals surface area contributed by atoms with Crippen molar-refractivity contribution < 1.29 is 4.74 Å². The Labute approximate surface area is 206 Å². The minimum atomic E-state index is 0.502. The zero-order valence-corrected chi connectivity index (χ0v) is 19.9. The molecule has 0 amide bonds. The summed E-state index contributed by atoms with van der Waals surface area (Å²) in [4.78, 5) is 1.58. The van der Waals surface area contributed by atoms with Crippen LogP contribution in [0.1, 0.15) is 11.1 Å². The number of halogens is 1. The highest BCUT2D eigenvalue weighted by atomic mass is 35.5. The molecular formula is C25H21ClN6OS. The number of tetrazole rings is 1. The van der Waals surface area contributed by atoms with E-state index in [4.69, 9.17) is 16.3 Å². The van der Waals surface area contributed by atoms with Gasteiger partial charge in [0, 0.05) is 5.75 Å². The lowest BCUT2D eigenvalue weighted by molar-refractivity contribution is 0.414. The zero-order chi connectivity index (χ0) is 23.3. The predicted molar refractivity (Wildman–Crippen MR) is 133 cm³/mol. The average molecular weight is 489 g/mol. The molecule has 0 aliphatic carbocycles. The summed E-state index contributed by atoms with van der Waals surface area (Å²) < 4.78 is 7.07. The van der Waals surface area contributed by atoms with Crippen molar-refractivity contribution in [1.82, 2.24) is 30.0 Å². The molecule has 0 spiro atoms. The number of nitrogens with zero attached hydrogens (tertiary/aromatic N) is 6. The van der Waals surface area contributed by atoms with Crippen molar-refractivity contribution in [2.24, 2.45) is 0 Å². The largest absolute Gasteiger partial charge is 0.497 e. The number of thioether (sulfide) groups is 1. The first-order valence-electron chi connectivity index (χ1n) is 10.6. The van der Waals surface area contributed by atoms with E-state index in [1.807, 2.05) is 71.4 Å². The van der Waals surface area contributed by atoms with E-state index in [2.05, 4.69) is 32.6 Å². The van der Waals surface area contributed by atoms with Gasteiger partial charge in [0.05, 0.1) is 36.1 Å². The normalized spacial score (nSPS) is 11.0. The van der Waals surface area contributed by atoms with Crippen LogP contribution in [0.4, 0.5) is 0 Å². The van der Waals surface area contributed by atoms with Crippen LogP contribution in [-0.4, -0.2) is 37.1 Å². The number of aromatic nitrogens is 6. The first kappa shape index (κ1) is 22.2. The molecule has 0 saturated heterocycles. The van der Waals surface area contributed by atoms with Crippen molar-refractivity contribution in [3.8, 4) is 22.8 Å². The monoisotopic (exact) mass is 488 g/mol. The van der Waals surface area contributed by atoms with E-state index in [0.717, 1.165) is 33.3 Å². The van der Waals surface area contributed by atoms with Crippen molar-refractivity contribution in [2.75, 3.05) is 7.11 Å². The van der Waals surface area contributed by atoms with Crippen LogP contribution in [0, 0.1) is 0 Å². The molecule has 0 fully saturated rings. The summed E-state index contributed by atoms with van der Waals surface area (Å²) in [5, 5.41) is 19.4. The van der Waals surface area contributed by atoms with Crippen LogP contribution in [0.3, 0.4) is 0 Å². The molecule has 0 aliphatic heterocycles. The molecule has 5 rings (SSSR count). The van der Waals surface area contributed by atoms with E-state index < -0.39 is 0 Å². The summed E-state index contributed by atoms with van der Waals surface area (Å²) in [6.07, 6.45) is 1.77. The van der Waals surface area contributed by atoms with Gasteiger partial charge in [0.2, 0.25) is 5.82 Å². The Kier molecular flexibility index (Phi) is 6.60. The maximum absolute atomic E-state index is 6.49. The Morgan fingerprint density at radius 1 is 0.912 bits per heavy atom. The highest BCUT2D eigenvalue weighted by molar-refractivity contribution is 7.98. The number of hydrogen-bond donors (Lipinski definition) is 0. The Morgan fingerprint density at radius 3 is 2.44 bits per heavy atom. The fourth-order valence-corrected chi connectivity index (χ4v) is 4.74. The minimum absolute atomic E-state index is 0.502. The van der Waals surface area contributed by atoms with Crippen LogP contribution in [0.25, 0.3) is 17.1 Å². The summed E-state index contributed by atoms with van der Waals surface area (Å²) in [6, 6.07) is 25.7. The van der Waals surface area contributed by atoms with Gasteiger partial charge in [-0.25, -0.2) is 4.68 Å². The van der Waals surface area contributed by atoms with Gasteiger partial charge in [-0.15, -0.1) is 22.0 Å². The number of benzene rings is 3. The quantitative estimate of drug-likeness (QED) is 0.267. The molecule has 9 heteroatoms. The molecule has 7 nitrogen and oxygen atoms in total. The Hall–Kier alpha value is -3.62. The van der Waals surface area contributed by atoms with Gasteiger partial charge >= 0.3 is 0 Å². The Bertz CT molecular complexity index is 1380. The molecular weight excluding hydrogens is 468 g/mol. The zero-order valence-electron chi connectivity index (χ0n) is 18.4. The fourth-order valence-electron chi connectivity index (χ4n) is 3.46. The third-order valence-corrected chi connectivity index (χ3v) is 6.66. The van der Waals surface area contributed by atoms with E-state index in [1.54, 1.807) is 29.9 Å². The molecule has 0 unspecified atom stereocenters. The van der Waals surface area contributed by atoms with Gasteiger partial charge in [-0.2, -0.15) is 9.90 Å². The second-order valence-electron chi connectivity index (χ2n) is 7.49. The van der Waals surface area contributed by atoms with Crippen LogP contribution in [0.15, 0.2) is 90.1 Å². The first-order valence-corrected chi connectivity index (χ1v) is 12.0. The van der Waals surface area contributed by atoms with Crippen LogP contribution in [-0.2, 0) is 12.3 Å². The van der Waals surface area contributed by atoms with Crippen LogP contribution in [0.2, 0.25) is 5.02 Å². The van der Waals surface area contributed by atoms with Gasteiger partial charge in [-0.1, -0.05) is 66.2 Å². The van der Waals surface area contributed by atoms with Gasteiger partial charge in [-0.3, -0.25) is 0 Å². The maximum atomic E-state index is 6.49. The second-order valence-corrected chi connectivity index (χ2v) is 8.86. The molecule has 2 aromatic heterocycles. The van der Waals surface area contributed by atoms with E-state index >= 15 is 0 Å². The molecule has 170 valence electrons.